The Morgan fingerprint density at radius 2 is 1.40 bits per heavy atom. The SMILES string of the molecule is Cc1ccc(SC2=C(N(C)c3ccccc3)C(=O)N(Cc3ccccc3)C2=O)cc1. The van der Waals surface area contributed by atoms with Crippen LogP contribution in [-0.4, -0.2) is 23.8 Å². The van der Waals surface area contributed by atoms with E-state index in [-0.39, 0.29) is 18.4 Å². The number of hydrogen-bond donors (Lipinski definition) is 0. The van der Waals surface area contributed by atoms with Crippen molar-refractivity contribution in [3.63, 3.8) is 0 Å². The molecule has 0 aromatic heterocycles. The van der Waals surface area contributed by atoms with E-state index in [1.807, 2.05) is 104 Å². The van der Waals surface area contributed by atoms with Gasteiger partial charge in [0.15, 0.2) is 0 Å². The molecule has 2 amide bonds. The Hall–Kier alpha value is -3.31. The van der Waals surface area contributed by atoms with Crippen molar-refractivity contribution < 1.29 is 9.59 Å². The first kappa shape index (κ1) is 20.0. The molecular formula is C25H22N2O2S. The van der Waals surface area contributed by atoms with Gasteiger partial charge in [0.1, 0.15) is 10.6 Å². The van der Waals surface area contributed by atoms with Crippen molar-refractivity contribution in [3.8, 4) is 0 Å². The molecule has 0 bridgehead atoms. The molecule has 4 nitrogen and oxygen atoms in total. The van der Waals surface area contributed by atoms with E-state index in [9.17, 15) is 9.59 Å². The lowest BCUT2D eigenvalue weighted by molar-refractivity contribution is -0.138. The quantitative estimate of drug-likeness (QED) is 0.532. The van der Waals surface area contributed by atoms with Crippen molar-refractivity contribution in [1.29, 1.82) is 0 Å². The summed E-state index contributed by atoms with van der Waals surface area (Å²) >= 11 is 1.34. The van der Waals surface area contributed by atoms with E-state index in [4.69, 9.17) is 0 Å². The third-order valence-corrected chi connectivity index (χ3v) is 6.09. The lowest BCUT2D eigenvalue weighted by atomic mass is 10.2. The molecule has 1 heterocycles. The van der Waals surface area contributed by atoms with Gasteiger partial charge in [-0.15, -0.1) is 0 Å². The van der Waals surface area contributed by atoms with E-state index in [2.05, 4.69) is 0 Å². The van der Waals surface area contributed by atoms with Crippen LogP contribution in [0.2, 0.25) is 0 Å². The van der Waals surface area contributed by atoms with E-state index in [1.165, 1.54) is 16.7 Å². The second kappa shape index (κ2) is 8.59. The average Bonchev–Trinajstić information content (AvgIpc) is 3.00. The zero-order valence-corrected chi connectivity index (χ0v) is 17.7. The maximum Gasteiger partial charge on any atom is 0.279 e. The van der Waals surface area contributed by atoms with Crippen LogP contribution < -0.4 is 4.90 Å². The topological polar surface area (TPSA) is 40.6 Å². The molecule has 4 rings (SSSR count). The van der Waals surface area contributed by atoms with Crippen molar-refractivity contribution in [1.82, 2.24) is 4.90 Å². The molecule has 1 aliphatic heterocycles. The highest BCUT2D eigenvalue weighted by molar-refractivity contribution is 8.04. The second-order valence-corrected chi connectivity index (χ2v) is 8.25. The molecule has 150 valence electrons. The summed E-state index contributed by atoms with van der Waals surface area (Å²) in [6.07, 6.45) is 0. The van der Waals surface area contributed by atoms with Crippen molar-refractivity contribution in [2.75, 3.05) is 11.9 Å². The van der Waals surface area contributed by atoms with Gasteiger partial charge in [-0.3, -0.25) is 14.5 Å². The van der Waals surface area contributed by atoms with Gasteiger partial charge in [-0.1, -0.05) is 78.0 Å². The summed E-state index contributed by atoms with van der Waals surface area (Å²) in [5.74, 6) is -0.531. The standard InChI is InChI=1S/C25H22N2O2S/c1-18-13-15-21(16-14-18)30-23-22(26(2)20-11-7-4-8-12-20)24(28)27(25(23)29)17-19-9-5-3-6-10-19/h3-16H,17H2,1-2H3. The number of likely N-dealkylation sites (N-methyl/N-ethyl adjacent to an activating group) is 1. The molecule has 3 aromatic rings. The highest BCUT2D eigenvalue weighted by Crippen LogP contribution is 2.38. The maximum absolute atomic E-state index is 13.4. The number of aryl methyl sites for hydroxylation is 1. The fourth-order valence-corrected chi connectivity index (χ4v) is 4.37. The number of nitrogens with zero attached hydrogens (tertiary/aromatic N) is 2. The van der Waals surface area contributed by atoms with Gasteiger partial charge >= 0.3 is 0 Å². The van der Waals surface area contributed by atoms with Crippen LogP contribution in [0, 0.1) is 6.92 Å². The lowest BCUT2D eigenvalue weighted by Crippen LogP contribution is -2.33. The predicted octanol–water partition coefficient (Wildman–Crippen LogP) is 5.00. The number of imide groups is 1. The third kappa shape index (κ3) is 4.02. The first-order valence-electron chi connectivity index (χ1n) is 9.72. The summed E-state index contributed by atoms with van der Waals surface area (Å²) in [6, 6.07) is 27.2. The summed E-state index contributed by atoms with van der Waals surface area (Å²) < 4.78 is 0. The Morgan fingerprint density at radius 3 is 2.03 bits per heavy atom. The molecular weight excluding hydrogens is 392 g/mol. The fourth-order valence-electron chi connectivity index (χ4n) is 3.34. The zero-order valence-electron chi connectivity index (χ0n) is 16.9. The number of carbonyl (C=O) groups excluding carboxylic acids is 2. The molecule has 0 spiro atoms. The maximum atomic E-state index is 13.4. The highest BCUT2D eigenvalue weighted by Gasteiger charge is 2.41. The Kier molecular flexibility index (Phi) is 5.72. The number of carbonyl (C=O) groups is 2. The van der Waals surface area contributed by atoms with E-state index >= 15 is 0 Å². The minimum Gasteiger partial charge on any atom is -0.339 e. The largest absolute Gasteiger partial charge is 0.339 e. The minimum absolute atomic E-state index is 0.253. The minimum atomic E-state index is -0.273. The van der Waals surface area contributed by atoms with Gasteiger partial charge in [0.25, 0.3) is 11.8 Å². The summed E-state index contributed by atoms with van der Waals surface area (Å²) in [5.41, 5.74) is 3.34. The molecule has 0 saturated heterocycles. The van der Waals surface area contributed by atoms with Crippen LogP contribution >= 0.6 is 11.8 Å². The molecule has 0 unspecified atom stereocenters. The van der Waals surface area contributed by atoms with E-state index in [0.29, 0.717) is 10.6 Å². The fraction of sp³-hybridized carbons (Fsp3) is 0.120. The van der Waals surface area contributed by atoms with Gasteiger partial charge in [0.05, 0.1) is 6.54 Å². The average molecular weight is 415 g/mol. The molecule has 30 heavy (non-hydrogen) atoms. The van der Waals surface area contributed by atoms with Crippen LogP contribution in [0.4, 0.5) is 5.69 Å². The van der Waals surface area contributed by atoms with Crippen LogP contribution in [0.25, 0.3) is 0 Å². The Labute approximate surface area is 180 Å². The summed E-state index contributed by atoms with van der Waals surface area (Å²) in [6.45, 7) is 2.27. The van der Waals surface area contributed by atoms with Crippen LogP contribution in [0.5, 0.6) is 0 Å². The molecule has 0 atom stereocenters. The Morgan fingerprint density at radius 1 is 0.800 bits per heavy atom. The number of para-hydroxylation sites is 1. The van der Waals surface area contributed by atoms with Crippen molar-refractivity contribution in [2.45, 2.75) is 18.4 Å². The number of anilines is 1. The first-order chi connectivity index (χ1) is 14.5. The molecule has 5 heteroatoms. The summed E-state index contributed by atoms with van der Waals surface area (Å²) in [7, 11) is 1.83. The number of amides is 2. The van der Waals surface area contributed by atoms with Crippen LogP contribution in [0.1, 0.15) is 11.1 Å². The molecule has 1 aliphatic rings. The third-order valence-electron chi connectivity index (χ3n) is 5.01. The lowest BCUT2D eigenvalue weighted by Gasteiger charge is -2.21. The second-order valence-electron chi connectivity index (χ2n) is 7.17. The van der Waals surface area contributed by atoms with Gasteiger partial charge in [-0.25, -0.2) is 0 Å². The van der Waals surface area contributed by atoms with Crippen molar-refractivity contribution in [2.24, 2.45) is 0 Å². The van der Waals surface area contributed by atoms with E-state index in [0.717, 1.165) is 21.7 Å². The molecule has 0 aliphatic carbocycles. The molecule has 0 radical (unpaired) electrons. The van der Waals surface area contributed by atoms with Gasteiger partial charge in [-0.2, -0.15) is 0 Å². The number of rotatable bonds is 6. The van der Waals surface area contributed by atoms with Crippen LogP contribution in [0.3, 0.4) is 0 Å². The Balaban J connectivity index is 1.72. The van der Waals surface area contributed by atoms with Gasteiger partial charge < -0.3 is 4.90 Å². The predicted molar refractivity (Wildman–Crippen MR) is 121 cm³/mol. The number of benzene rings is 3. The molecule has 3 aromatic carbocycles. The number of hydrogen-bond acceptors (Lipinski definition) is 4. The molecule has 0 N–H and O–H groups in total. The highest BCUT2D eigenvalue weighted by atomic mass is 32.2. The Bertz CT molecular complexity index is 1090. The van der Waals surface area contributed by atoms with Gasteiger partial charge in [0.2, 0.25) is 0 Å². The number of thioether (sulfide) groups is 1. The van der Waals surface area contributed by atoms with Crippen molar-refractivity contribution in [3.05, 3.63) is 107 Å². The van der Waals surface area contributed by atoms with Crippen molar-refractivity contribution >= 4 is 29.3 Å². The van der Waals surface area contributed by atoms with Crippen LogP contribution in [0.15, 0.2) is 100 Å². The van der Waals surface area contributed by atoms with E-state index in [1.54, 1.807) is 0 Å². The molecule has 0 saturated carbocycles. The first-order valence-corrected chi connectivity index (χ1v) is 10.5. The van der Waals surface area contributed by atoms with E-state index < -0.39 is 0 Å². The normalized spacial score (nSPS) is 13.9. The zero-order chi connectivity index (χ0) is 21.1. The summed E-state index contributed by atoms with van der Waals surface area (Å²) in [4.78, 5) is 31.2. The van der Waals surface area contributed by atoms with Crippen LogP contribution in [-0.2, 0) is 16.1 Å². The molecule has 0 fully saturated rings. The summed E-state index contributed by atoms with van der Waals surface area (Å²) in [5, 5.41) is 0. The monoisotopic (exact) mass is 414 g/mol. The van der Waals surface area contributed by atoms with Gasteiger partial charge in [0, 0.05) is 17.6 Å². The smallest absolute Gasteiger partial charge is 0.279 e. The van der Waals surface area contributed by atoms with Gasteiger partial charge in [-0.05, 0) is 36.8 Å².